The van der Waals surface area contributed by atoms with Gasteiger partial charge in [-0.2, -0.15) is 11.8 Å². The zero-order valence-corrected chi connectivity index (χ0v) is 13.6. The number of hydrogen-bond donors (Lipinski definition) is 1. The fraction of sp³-hybridized carbons (Fsp3) is 0.667. The Kier molecular flexibility index (Phi) is 7.24. The summed E-state index contributed by atoms with van der Waals surface area (Å²) in [5.74, 6) is 1.13. The van der Waals surface area contributed by atoms with Gasteiger partial charge in [0, 0.05) is 24.9 Å². The normalized spacial score (nSPS) is 14.2. The van der Waals surface area contributed by atoms with Crippen LogP contribution in [0.4, 0.5) is 5.69 Å². The largest absolute Gasteiger partial charge is 0.370 e. The summed E-state index contributed by atoms with van der Waals surface area (Å²) in [6.07, 6.45) is 5.28. The van der Waals surface area contributed by atoms with Crippen molar-refractivity contribution >= 4 is 17.4 Å². The summed E-state index contributed by atoms with van der Waals surface area (Å²) < 4.78 is 0. The number of anilines is 1. The lowest BCUT2D eigenvalue weighted by Crippen LogP contribution is -2.31. The zero-order chi connectivity index (χ0) is 14.3. The molecule has 0 radical (unpaired) electrons. The molecule has 0 aliphatic heterocycles. The third kappa shape index (κ3) is 5.03. The molecule has 19 heavy (non-hydrogen) atoms. The molecule has 0 fully saturated rings. The van der Waals surface area contributed by atoms with E-state index in [-0.39, 0.29) is 0 Å². The van der Waals surface area contributed by atoms with Crippen molar-refractivity contribution in [2.75, 3.05) is 30.5 Å². The summed E-state index contributed by atoms with van der Waals surface area (Å²) in [6, 6.07) is 5.15. The van der Waals surface area contributed by atoms with Crippen molar-refractivity contribution in [2.45, 2.75) is 39.3 Å². The summed E-state index contributed by atoms with van der Waals surface area (Å²) in [5.41, 5.74) is 2.30. The lowest BCUT2D eigenvalue weighted by Gasteiger charge is -2.26. The molecule has 0 aliphatic carbocycles. The van der Waals surface area contributed by atoms with Crippen LogP contribution < -0.4 is 10.2 Å². The van der Waals surface area contributed by atoms with Gasteiger partial charge < -0.3 is 10.2 Å². The van der Waals surface area contributed by atoms with E-state index in [1.807, 2.05) is 18.0 Å². The number of nitrogens with one attached hydrogen (secondary N) is 1. The quantitative estimate of drug-likeness (QED) is 0.791. The molecule has 0 aliphatic rings. The van der Waals surface area contributed by atoms with Crippen molar-refractivity contribution in [1.82, 2.24) is 10.3 Å². The fourth-order valence-corrected chi connectivity index (χ4v) is 2.64. The maximum atomic E-state index is 4.58. The second-order valence-corrected chi connectivity index (χ2v) is 5.94. The van der Waals surface area contributed by atoms with Gasteiger partial charge >= 0.3 is 0 Å². The van der Waals surface area contributed by atoms with E-state index in [1.54, 1.807) is 0 Å². The van der Waals surface area contributed by atoms with Crippen LogP contribution in [0, 0.1) is 0 Å². The first-order valence-corrected chi connectivity index (χ1v) is 8.40. The van der Waals surface area contributed by atoms with Gasteiger partial charge in [-0.3, -0.25) is 4.98 Å². The zero-order valence-electron chi connectivity index (χ0n) is 12.8. The Bertz CT molecular complexity index is 353. The fourth-order valence-electron chi connectivity index (χ4n) is 1.94. The van der Waals surface area contributed by atoms with E-state index in [4.69, 9.17) is 0 Å². The van der Waals surface area contributed by atoms with Crippen molar-refractivity contribution in [3.63, 3.8) is 0 Å². The van der Waals surface area contributed by atoms with E-state index >= 15 is 0 Å². The number of nitrogens with zero attached hydrogens (tertiary/aromatic N) is 2. The van der Waals surface area contributed by atoms with Crippen LogP contribution in [-0.4, -0.2) is 36.6 Å². The highest BCUT2D eigenvalue weighted by atomic mass is 32.2. The number of hydrogen-bond acceptors (Lipinski definition) is 4. The molecular formula is C15H27N3S. The molecule has 3 nitrogen and oxygen atoms in total. The van der Waals surface area contributed by atoms with Gasteiger partial charge in [0.15, 0.2) is 0 Å². The van der Waals surface area contributed by atoms with Crippen LogP contribution in [0.25, 0.3) is 0 Å². The SMILES string of the molecule is CCCNC(C)c1ccc(N(C)C(C)CSC)cn1. The van der Waals surface area contributed by atoms with Gasteiger partial charge in [-0.05, 0) is 45.2 Å². The minimum absolute atomic E-state index is 0.322. The van der Waals surface area contributed by atoms with Crippen LogP contribution in [0.2, 0.25) is 0 Å². The molecule has 0 amide bonds. The van der Waals surface area contributed by atoms with E-state index < -0.39 is 0 Å². The van der Waals surface area contributed by atoms with Crippen molar-refractivity contribution in [2.24, 2.45) is 0 Å². The highest BCUT2D eigenvalue weighted by Crippen LogP contribution is 2.18. The Hall–Kier alpha value is -0.740. The average Bonchev–Trinajstić information content (AvgIpc) is 2.44. The summed E-state index contributed by atoms with van der Waals surface area (Å²) >= 11 is 1.88. The third-order valence-corrected chi connectivity index (χ3v) is 4.21. The molecular weight excluding hydrogens is 254 g/mol. The molecule has 2 unspecified atom stereocenters. The predicted molar refractivity (Wildman–Crippen MR) is 87.2 cm³/mol. The topological polar surface area (TPSA) is 28.2 Å². The van der Waals surface area contributed by atoms with Crippen LogP contribution >= 0.6 is 11.8 Å². The monoisotopic (exact) mass is 281 g/mol. The second-order valence-electron chi connectivity index (χ2n) is 5.03. The number of pyridine rings is 1. The molecule has 0 aromatic carbocycles. The summed E-state index contributed by atoms with van der Waals surface area (Å²) in [7, 11) is 2.14. The Morgan fingerprint density at radius 2 is 2.11 bits per heavy atom. The first-order chi connectivity index (χ1) is 9.10. The Morgan fingerprint density at radius 3 is 2.63 bits per heavy atom. The second kappa shape index (κ2) is 8.43. The maximum absolute atomic E-state index is 4.58. The van der Waals surface area contributed by atoms with E-state index in [1.165, 1.54) is 5.69 Å². The molecule has 1 aromatic heterocycles. The Morgan fingerprint density at radius 1 is 1.37 bits per heavy atom. The highest BCUT2D eigenvalue weighted by molar-refractivity contribution is 7.98. The number of aromatic nitrogens is 1. The van der Waals surface area contributed by atoms with Crippen LogP contribution in [0.3, 0.4) is 0 Å². The van der Waals surface area contributed by atoms with Crippen LogP contribution in [-0.2, 0) is 0 Å². The van der Waals surface area contributed by atoms with Gasteiger partial charge in [-0.15, -0.1) is 0 Å². The predicted octanol–water partition coefficient (Wildman–Crippen LogP) is 3.33. The first-order valence-electron chi connectivity index (χ1n) is 7.01. The summed E-state index contributed by atoms with van der Waals surface area (Å²) in [5, 5.41) is 3.46. The average molecular weight is 281 g/mol. The van der Waals surface area contributed by atoms with E-state index in [2.05, 4.69) is 61.4 Å². The van der Waals surface area contributed by atoms with Gasteiger partial charge in [0.25, 0.3) is 0 Å². The van der Waals surface area contributed by atoms with E-state index in [9.17, 15) is 0 Å². The minimum atomic E-state index is 0.322. The molecule has 1 N–H and O–H groups in total. The van der Waals surface area contributed by atoms with Crippen molar-refractivity contribution in [3.8, 4) is 0 Å². The third-order valence-electron chi connectivity index (χ3n) is 3.39. The van der Waals surface area contributed by atoms with Gasteiger partial charge in [-0.1, -0.05) is 6.92 Å². The Labute approximate surface area is 122 Å². The lowest BCUT2D eigenvalue weighted by molar-refractivity contribution is 0.558. The molecule has 0 spiro atoms. The standard InChI is InChI=1S/C15H27N3S/c1-6-9-16-13(3)15-8-7-14(10-17-15)18(4)12(2)11-19-5/h7-8,10,12-13,16H,6,9,11H2,1-5H3. The smallest absolute Gasteiger partial charge is 0.0572 e. The van der Waals surface area contributed by atoms with Crippen LogP contribution in [0.15, 0.2) is 18.3 Å². The van der Waals surface area contributed by atoms with Gasteiger partial charge in [0.1, 0.15) is 0 Å². The first kappa shape index (κ1) is 16.3. The van der Waals surface area contributed by atoms with Crippen LogP contribution in [0.1, 0.15) is 38.9 Å². The molecule has 0 bridgehead atoms. The van der Waals surface area contributed by atoms with Gasteiger partial charge in [-0.25, -0.2) is 0 Å². The van der Waals surface area contributed by atoms with Crippen molar-refractivity contribution in [3.05, 3.63) is 24.0 Å². The van der Waals surface area contributed by atoms with E-state index in [0.29, 0.717) is 12.1 Å². The van der Waals surface area contributed by atoms with Crippen molar-refractivity contribution < 1.29 is 0 Å². The number of rotatable bonds is 8. The molecule has 0 saturated carbocycles. The molecule has 108 valence electrons. The number of thioether (sulfide) groups is 1. The minimum Gasteiger partial charge on any atom is -0.370 e. The molecule has 4 heteroatoms. The highest BCUT2D eigenvalue weighted by Gasteiger charge is 2.11. The summed E-state index contributed by atoms with van der Waals surface area (Å²) in [4.78, 5) is 6.87. The van der Waals surface area contributed by atoms with E-state index in [0.717, 1.165) is 24.4 Å². The molecule has 0 saturated heterocycles. The maximum Gasteiger partial charge on any atom is 0.0572 e. The molecule has 1 heterocycles. The van der Waals surface area contributed by atoms with Gasteiger partial charge in [0.2, 0.25) is 0 Å². The van der Waals surface area contributed by atoms with Crippen LogP contribution in [0.5, 0.6) is 0 Å². The van der Waals surface area contributed by atoms with Gasteiger partial charge in [0.05, 0.1) is 17.6 Å². The summed E-state index contributed by atoms with van der Waals surface area (Å²) in [6.45, 7) is 7.63. The van der Waals surface area contributed by atoms with Crippen molar-refractivity contribution in [1.29, 1.82) is 0 Å². The lowest BCUT2D eigenvalue weighted by atomic mass is 10.2. The molecule has 2 atom stereocenters. The molecule has 1 aromatic rings. The molecule has 1 rings (SSSR count). The Balaban J connectivity index is 2.65.